The molecular weight excluding hydrogens is 231 g/mol. The molecular formula is C14H30O2P+. The van der Waals surface area contributed by atoms with Crippen molar-refractivity contribution in [1.29, 1.82) is 0 Å². The lowest BCUT2D eigenvalue weighted by Gasteiger charge is -2.00. The van der Waals surface area contributed by atoms with Gasteiger partial charge in [-0.2, -0.15) is 0 Å². The Balaban J connectivity index is 2.96. The van der Waals surface area contributed by atoms with Crippen LogP contribution in [0.25, 0.3) is 0 Å². The molecule has 0 heterocycles. The highest BCUT2D eigenvalue weighted by atomic mass is 31.1. The van der Waals surface area contributed by atoms with Gasteiger partial charge in [-0.25, -0.2) is 0 Å². The van der Waals surface area contributed by atoms with Crippen LogP contribution >= 0.6 is 8.03 Å². The van der Waals surface area contributed by atoms with E-state index in [2.05, 4.69) is 6.92 Å². The fourth-order valence-electron chi connectivity index (χ4n) is 1.85. The highest BCUT2D eigenvalue weighted by Crippen LogP contribution is 2.21. The van der Waals surface area contributed by atoms with Crippen LogP contribution in [0.1, 0.15) is 78.1 Å². The monoisotopic (exact) mass is 261 g/mol. The minimum atomic E-state index is -1.36. The first kappa shape index (κ1) is 17.1. The van der Waals surface area contributed by atoms with Gasteiger partial charge in [0.15, 0.2) is 6.16 Å². The van der Waals surface area contributed by atoms with E-state index in [1.807, 2.05) is 6.92 Å². The van der Waals surface area contributed by atoms with Crippen molar-refractivity contribution in [3.05, 3.63) is 0 Å². The summed E-state index contributed by atoms with van der Waals surface area (Å²) >= 11 is 0. The van der Waals surface area contributed by atoms with Crippen LogP contribution in [0.5, 0.6) is 0 Å². The van der Waals surface area contributed by atoms with Crippen molar-refractivity contribution in [3.8, 4) is 0 Å². The molecule has 1 atom stereocenters. The van der Waals surface area contributed by atoms with Crippen molar-refractivity contribution in [2.75, 3.05) is 12.8 Å². The molecule has 0 amide bonds. The Bertz CT molecular complexity index is 172. The molecule has 0 aromatic carbocycles. The number of unbranched alkanes of at least 4 members (excludes halogenated alkanes) is 9. The van der Waals surface area contributed by atoms with E-state index in [-0.39, 0.29) is 0 Å². The smallest absolute Gasteiger partial charge is 0.146 e. The number of hydrogen-bond acceptors (Lipinski definition) is 2. The van der Waals surface area contributed by atoms with E-state index in [4.69, 9.17) is 4.52 Å². The molecule has 0 aromatic rings. The van der Waals surface area contributed by atoms with E-state index in [0.29, 0.717) is 12.8 Å². The Labute approximate surface area is 108 Å². The van der Waals surface area contributed by atoms with Gasteiger partial charge in [0.25, 0.3) is 0 Å². The standard InChI is InChI=1S/C14H30O2P/c1-3-5-6-7-8-9-10-11-12-13-14-16-17(15)4-2/h3-14H2,1-2H3/q+1. The maximum Gasteiger partial charge on any atom is 0.507 e. The van der Waals surface area contributed by atoms with Gasteiger partial charge in [0.05, 0.1) is 0 Å². The zero-order chi connectivity index (χ0) is 12.8. The Morgan fingerprint density at radius 2 is 1.24 bits per heavy atom. The van der Waals surface area contributed by atoms with Gasteiger partial charge in [-0.15, -0.1) is 4.52 Å². The normalized spacial score (nSPS) is 11.8. The lowest BCUT2D eigenvalue weighted by atomic mass is 10.1. The van der Waals surface area contributed by atoms with Crippen molar-refractivity contribution >= 4 is 8.03 Å². The van der Waals surface area contributed by atoms with E-state index < -0.39 is 8.03 Å². The van der Waals surface area contributed by atoms with Gasteiger partial charge in [0, 0.05) is 0 Å². The van der Waals surface area contributed by atoms with Gasteiger partial charge in [0.2, 0.25) is 0 Å². The van der Waals surface area contributed by atoms with Crippen LogP contribution in [0.2, 0.25) is 0 Å². The molecule has 0 saturated carbocycles. The summed E-state index contributed by atoms with van der Waals surface area (Å²) in [4.78, 5) is 0. The van der Waals surface area contributed by atoms with Gasteiger partial charge in [-0.1, -0.05) is 64.7 Å². The molecule has 2 nitrogen and oxygen atoms in total. The Kier molecular flexibility index (Phi) is 14.2. The average molecular weight is 261 g/mol. The first-order chi connectivity index (χ1) is 8.31. The average Bonchev–Trinajstić information content (AvgIpc) is 2.35. The predicted octanol–water partition coefficient (Wildman–Crippen LogP) is 5.69. The molecule has 0 fully saturated rings. The summed E-state index contributed by atoms with van der Waals surface area (Å²) in [6, 6.07) is 0. The van der Waals surface area contributed by atoms with Crippen LogP contribution in [-0.2, 0) is 9.09 Å². The van der Waals surface area contributed by atoms with E-state index in [1.54, 1.807) is 0 Å². The summed E-state index contributed by atoms with van der Waals surface area (Å²) in [5, 5.41) is 0. The number of rotatable bonds is 13. The minimum absolute atomic E-state index is 0.646. The third-order valence-corrected chi connectivity index (χ3v) is 3.98. The van der Waals surface area contributed by atoms with Crippen LogP contribution < -0.4 is 0 Å². The fourth-order valence-corrected chi connectivity index (χ4v) is 2.36. The molecule has 0 aliphatic heterocycles. The third kappa shape index (κ3) is 14.0. The summed E-state index contributed by atoms with van der Waals surface area (Å²) in [6.45, 7) is 4.84. The second kappa shape index (κ2) is 14.1. The lowest BCUT2D eigenvalue weighted by molar-refractivity contribution is 0.316. The Morgan fingerprint density at radius 1 is 0.765 bits per heavy atom. The molecule has 0 saturated heterocycles. The first-order valence-electron chi connectivity index (χ1n) is 7.38. The Morgan fingerprint density at radius 3 is 1.71 bits per heavy atom. The zero-order valence-electron chi connectivity index (χ0n) is 11.7. The molecule has 0 radical (unpaired) electrons. The van der Waals surface area contributed by atoms with E-state index >= 15 is 0 Å². The SMILES string of the molecule is CCCCCCCCCCCCO[P+](=O)CC. The molecule has 0 aliphatic carbocycles. The summed E-state index contributed by atoms with van der Waals surface area (Å²) in [6.07, 6.45) is 13.9. The molecule has 3 heteroatoms. The predicted molar refractivity (Wildman–Crippen MR) is 75.9 cm³/mol. The van der Waals surface area contributed by atoms with Gasteiger partial charge >= 0.3 is 8.03 Å². The largest absolute Gasteiger partial charge is 0.507 e. The van der Waals surface area contributed by atoms with Crippen molar-refractivity contribution in [1.82, 2.24) is 0 Å². The van der Waals surface area contributed by atoms with Crippen molar-refractivity contribution in [2.45, 2.75) is 78.1 Å². The third-order valence-electron chi connectivity index (χ3n) is 2.99. The fraction of sp³-hybridized carbons (Fsp3) is 1.00. The van der Waals surface area contributed by atoms with E-state index in [1.165, 1.54) is 57.8 Å². The van der Waals surface area contributed by atoms with Crippen LogP contribution in [0.3, 0.4) is 0 Å². The van der Waals surface area contributed by atoms with Crippen molar-refractivity contribution in [2.24, 2.45) is 0 Å². The first-order valence-corrected chi connectivity index (χ1v) is 8.75. The molecule has 17 heavy (non-hydrogen) atoms. The highest BCUT2D eigenvalue weighted by Gasteiger charge is 2.11. The maximum atomic E-state index is 11.0. The molecule has 102 valence electrons. The molecule has 0 N–H and O–H groups in total. The van der Waals surface area contributed by atoms with Gasteiger partial charge in [-0.3, -0.25) is 0 Å². The molecule has 0 aliphatic rings. The second-order valence-electron chi connectivity index (χ2n) is 4.66. The van der Waals surface area contributed by atoms with Crippen LogP contribution in [-0.4, -0.2) is 12.8 Å². The lowest BCUT2D eigenvalue weighted by Crippen LogP contribution is -1.88. The van der Waals surface area contributed by atoms with E-state index in [0.717, 1.165) is 6.42 Å². The minimum Gasteiger partial charge on any atom is -0.146 e. The molecule has 0 rings (SSSR count). The van der Waals surface area contributed by atoms with Crippen molar-refractivity contribution < 1.29 is 9.09 Å². The summed E-state index contributed by atoms with van der Waals surface area (Å²) < 4.78 is 16.2. The van der Waals surface area contributed by atoms with Crippen LogP contribution in [0, 0.1) is 0 Å². The second-order valence-corrected chi connectivity index (χ2v) is 6.22. The van der Waals surface area contributed by atoms with Crippen LogP contribution in [0.4, 0.5) is 0 Å². The van der Waals surface area contributed by atoms with E-state index in [9.17, 15) is 4.57 Å². The molecule has 0 spiro atoms. The molecule has 0 aromatic heterocycles. The summed E-state index contributed by atoms with van der Waals surface area (Å²) in [5.41, 5.74) is 0. The van der Waals surface area contributed by atoms with Crippen molar-refractivity contribution in [3.63, 3.8) is 0 Å². The maximum absolute atomic E-state index is 11.0. The topological polar surface area (TPSA) is 26.3 Å². The summed E-state index contributed by atoms with van der Waals surface area (Å²) in [7, 11) is -1.36. The van der Waals surface area contributed by atoms with Crippen LogP contribution in [0.15, 0.2) is 0 Å². The highest BCUT2D eigenvalue weighted by molar-refractivity contribution is 7.39. The number of hydrogen-bond donors (Lipinski definition) is 0. The molecule has 0 bridgehead atoms. The quantitative estimate of drug-likeness (QED) is 0.314. The van der Waals surface area contributed by atoms with Gasteiger partial charge in [-0.05, 0) is 17.9 Å². The van der Waals surface area contributed by atoms with Gasteiger partial charge in [0.1, 0.15) is 6.61 Å². The van der Waals surface area contributed by atoms with Gasteiger partial charge < -0.3 is 0 Å². The Hall–Kier alpha value is 0.0600. The zero-order valence-corrected chi connectivity index (χ0v) is 12.6. The molecule has 1 unspecified atom stereocenters. The summed E-state index contributed by atoms with van der Waals surface area (Å²) in [5.74, 6) is 0.